The van der Waals surface area contributed by atoms with Crippen molar-refractivity contribution in [3.63, 3.8) is 0 Å². The Morgan fingerprint density at radius 3 is 2.24 bits per heavy atom. The first kappa shape index (κ1) is 28.5. The van der Waals surface area contributed by atoms with E-state index in [4.69, 9.17) is 9.47 Å². The number of aliphatic carboxylic acids is 1. The fourth-order valence-corrected chi connectivity index (χ4v) is 4.11. The predicted octanol–water partition coefficient (Wildman–Crippen LogP) is 2.77. The van der Waals surface area contributed by atoms with Crippen molar-refractivity contribution in [3.8, 4) is 11.5 Å². The van der Waals surface area contributed by atoms with Gasteiger partial charge in [0.2, 0.25) is 5.91 Å². The molecule has 0 saturated heterocycles. The molecule has 0 saturated carbocycles. The van der Waals surface area contributed by atoms with Gasteiger partial charge in [0.1, 0.15) is 24.1 Å². The maximum absolute atomic E-state index is 12.9. The van der Waals surface area contributed by atoms with Gasteiger partial charge in [-0.2, -0.15) is 0 Å². The molecule has 0 aliphatic carbocycles. The average molecular weight is 526 g/mol. The second kappa shape index (κ2) is 14.0. The first-order valence-electron chi connectivity index (χ1n) is 12.8. The number of benzene rings is 2. The topological polar surface area (TPSA) is 143 Å². The van der Waals surface area contributed by atoms with Gasteiger partial charge in [0.05, 0.1) is 23.8 Å². The van der Waals surface area contributed by atoms with E-state index in [0.717, 1.165) is 0 Å². The molecule has 3 rings (SSSR count). The second-order valence-electron chi connectivity index (χ2n) is 9.56. The Balaban J connectivity index is 1.83. The molecule has 4 N–H and O–H groups in total. The van der Waals surface area contributed by atoms with Crippen LogP contribution in [-0.2, 0) is 9.59 Å². The van der Waals surface area contributed by atoms with Crippen LogP contribution in [0.3, 0.4) is 0 Å². The highest BCUT2D eigenvalue weighted by atomic mass is 16.5. The van der Waals surface area contributed by atoms with Gasteiger partial charge in [-0.05, 0) is 49.4 Å². The lowest BCUT2D eigenvalue weighted by Crippen LogP contribution is -2.43. The van der Waals surface area contributed by atoms with Crippen LogP contribution in [-0.4, -0.2) is 60.6 Å². The number of para-hydroxylation sites is 2. The van der Waals surface area contributed by atoms with Crippen molar-refractivity contribution in [2.45, 2.75) is 51.6 Å². The van der Waals surface area contributed by atoms with Gasteiger partial charge in [-0.15, -0.1) is 0 Å². The van der Waals surface area contributed by atoms with E-state index in [9.17, 15) is 24.3 Å². The Morgan fingerprint density at radius 2 is 1.58 bits per heavy atom. The Kier molecular flexibility index (Phi) is 10.5. The number of hydrogen-bond donors (Lipinski definition) is 4. The number of carbonyl (C=O) groups excluding carboxylic acids is 3. The molecule has 2 aromatic carbocycles. The van der Waals surface area contributed by atoms with Crippen molar-refractivity contribution in [2.24, 2.45) is 5.92 Å². The number of ether oxygens (including phenoxy) is 2. The molecule has 204 valence electrons. The van der Waals surface area contributed by atoms with Crippen LogP contribution < -0.4 is 25.4 Å². The lowest BCUT2D eigenvalue weighted by atomic mass is 10.0. The van der Waals surface area contributed by atoms with Crippen molar-refractivity contribution in [2.75, 3.05) is 19.8 Å². The number of rotatable bonds is 3. The summed E-state index contributed by atoms with van der Waals surface area (Å²) in [6.07, 6.45) is 0.901. The van der Waals surface area contributed by atoms with Crippen molar-refractivity contribution >= 4 is 23.7 Å². The van der Waals surface area contributed by atoms with Crippen molar-refractivity contribution in [3.05, 3.63) is 59.7 Å². The highest BCUT2D eigenvalue weighted by Crippen LogP contribution is 2.20. The normalized spacial score (nSPS) is 19.9. The van der Waals surface area contributed by atoms with Gasteiger partial charge < -0.3 is 30.5 Å². The van der Waals surface area contributed by atoms with Crippen molar-refractivity contribution < 1.29 is 33.8 Å². The molecular formula is C28H35N3O7. The summed E-state index contributed by atoms with van der Waals surface area (Å²) in [7, 11) is 0. The number of carbonyl (C=O) groups is 4. The number of hydrogen-bond acceptors (Lipinski definition) is 6. The number of amides is 3. The molecular weight excluding hydrogens is 490 g/mol. The summed E-state index contributed by atoms with van der Waals surface area (Å²) in [6.45, 7) is 4.72. The van der Waals surface area contributed by atoms with Gasteiger partial charge in [0, 0.05) is 13.0 Å². The van der Waals surface area contributed by atoms with E-state index in [0.29, 0.717) is 36.4 Å². The summed E-state index contributed by atoms with van der Waals surface area (Å²) in [6, 6.07) is 11.8. The molecule has 0 unspecified atom stereocenters. The zero-order valence-electron chi connectivity index (χ0n) is 21.7. The largest absolute Gasteiger partial charge is 0.493 e. The van der Waals surface area contributed by atoms with E-state index < -0.39 is 17.9 Å². The summed E-state index contributed by atoms with van der Waals surface area (Å²) in [4.78, 5) is 50.3. The van der Waals surface area contributed by atoms with E-state index in [1.54, 1.807) is 42.5 Å². The molecule has 1 aliphatic heterocycles. The predicted molar refractivity (Wildman–Crippen MR) is 140 cm³/mol. The Labute approximate surface area is 222 Å². The zero-order chi connectivity index (χ0) is 27.5. The summed E-state index contributed by atoms with van der Waals surface area (Å²) in [5.74, 6) is -1.55. The summed E-state index contributed by atoms with van der Waals surface area (Å²) >= 11 is 0. The maximum Gasteiger partial charge on any atom is 0.326 e. The summed E-state index contributed by atoms with van der Waals surface area (Å²) in [5, 5.41) is 17.9. The van der Waals surface area contributed by atoms with Crippen LogP contribution in [0.4, 0.5) is 0 Å². The molecule has 38 heavy (non-hydrogen) atoms. The smallest absolute Gasteiger partial charge is 0.326 e. The molecule has 0 aromatic heterocycles. The van der Waals surface area contributed by atoms with E-state index in [-0.39, 0.29) is 55.4 Å². The number of nitrogens with one attached hydrogen (secondary N) is 3. The number of carboxylic acid groups (broad SMARTS) is 1. The van der Waals surface area contributed by atoms with E-state index in [2.05, 4.69) is 16.0 Å². The van der Waals surface area contributed by atoms with Crippen LogP contribution in [0.1, 0.15) is 60.2 Å². The average Bonchev–Trinajstić information content (AvgIpc) is 2.88. The first-order valence-corrected chi connectivity index (χ1v) is 12.8. The Hall–Kier alpha value is -4.08. The van der Waals surface area contributed by atoms with E-state index in [1.165, 1.54) is 6.07 Å². The molecule has 10 nitrogen and oxygen atoms in total. The van der Waals surface area contributed by atoms with Gasteiger partial charge in [0.25, 0.3) is 11.8 Å². The van der Waals surface area contributed by atoms with Crippen LogP contribution in [0, 0.1) is 5.92 Å². The number of fused-ring (bicyclic) bond motifs is 2. The van der Waals surface area contributed by atoms with Crippen LogP contribution in [0.15, 0.2) is 48.5 Å². The van der Waals surface area contributed by atoms with E-state index >= 15 is 0 Å². The van der Waals surface area contributed by atoms with Gasteiger partial charge in [-0.3, -0.25) is 14.4 Å². The molecule has 0 radical (unpaired) electrons. The zero-order valence-corrected chi connectivity index (χ0v) is 21.7. The van der Waals surface area contributed by atoms with Crippen LogP contribution in [0.5, 0.6) is 11.5 Å². The quantitative estimate of drug-likeness (QED) is 0.483. The molecule has 2 atom stereocenters. The molecule has 0 spiro atoms. The van der Waals surface area contributed by atoms with Gasteiger partial charge in [-0.25, -0.2) is 4.79 Å². The minimum atomic E-state index is -1.26. The summed E-state index contributed by atoms with van der Waals surface area (Å²) in [5.41, 5.74) is 0.563. The third-order valence-electron chi connectivity index (χ3n) is 5.95. The number of carboxylic acids is 1. The first-order chi connectivity index (χ1) is 18.2. The lowest BCUT2D eigenvalue weighted by Gasteiger charge is -2.22. The third kappa shape index (κ3) is 8.50. The summed E-state index contributed by atoms with van der Waals surface area (Å²) < 4.78 is 11.7. The SMILES string of the molecule is CC(C)C[C@H]1COc2ccccc2C(=O)NCCCOc2ccccc2C(=O)N[C@H](C(=O)O)CCC(=O)N1. The minimum Gasteiger partial charge on any atom is -0.493 e. The minimum absolute atomic E-state index is 0.0891. The van der Waals surface area contributed by atoms with Gasteiger partial charge in [-0.1, -0.05) is 38.1 Å². The molecule has 1 heterocycles. The Bertz CT molecular complexity index is 1130. The monoisotopic (exact) mass is 525 g/mol. The van der Waals surface area contributed by atoms with Crippen molar-refractivity contribution in [1.82, 2.24) is 16.0 Å². The highest BCUT2D eigenvalue weighted by Gasteiger charge is 2.24. The maximum atomic E-state index is 12.9. The fourth-order valence-electron chi connectivity index (χ4n) is 4.11. The third-order valence-corrected chi connectivity index (χ3v) is 5.95. The van der Waals surface area contributed by atoms with Gasteiger partial charge >= 0.3 is 5.97 Å². The van der Waals surface area contributed by atoms with Gasteiger partial charge in [0.15, 0.2) is 0 Å². The fraction of sp³-hybridized carbons (Fsp3) is 0.429. The molecule has 2 aromatic rings. The molecule has 3 amide bonds. The lowest BCUT2D eigenvalue weighted by molar-refractivity contribution is -0.139. The van der Waals surface area contributed by atoms with Crippen LogP contribution in [0.25, 0.3) is 0 Å². The molecule has 1 aliphatic rings. The van der Waals surface area contributed by atoms with Crippen molar-refractivity contribution in [1.29, 1.82) is 0 Å². The molecule has 10 heteroatoms. The van der Waals surface area contributed by atoms with Crippen LogP contribution >= 0.6 is 0 Å². The second-order valence-corrected chi connectivity index (χ2v) is 9.56. The standard InChI is InChI=1S/C28H35N3O7/c1-18(2)16-19-17-38-24-11-6-3-8-20(24)26(33)29-14-7-15-37-23-10-5-4-9-21(23)27(34)31-22(28(35)36)12-13-25(32)30-19/h3-6,8-11,18-19,22H,7,12-17H2,1-2H3,(H,29,33)(H,30,32)(H,31,34)(H,35,36)/t19-,22-/m0/s1. The van der Waals surface area contributed by atoms with E-state index in [1.807, 2.05) is 13.8 Å². The molecule has 0 bridgehead atoms. The highest BCUT2D eigenvalue weighted by molar-refractivity contribution is 5.99. The Morgan fingerprint density at radius 1 is 0.947 bits per heavy atom. The van der Waals surface area contributed by atoms with Crippen LogP contribution in [0.2, 0.25) is 0 Å². The molecule has 0 fully saturated rings.